The highest BCUT2D eigenvalue weighted by Crippen LogP contribution is 2.28. The molecule has 0 aromatic carbocycles. The largest absolute Gasteiger partial charge is 0.444 e. The van der Waals surface area contributed by atoms with Crippen LogP contribution < -0.4 is 11.1 Å². The van der Waals surface area contributed by atoms with Crippen molar-refractivity contribution in [1.29, 1.82) is 0 Å². The Morgan fingerprint density at radius 2 is 2.00 bits per heavy atom. The van der Waals surface area contributed by atoms with E-state index in [1.807, 2.05) is 32.9 Å². The average Bonchev–Trinajstić information content (AvgIpc) is 3.04. The summed E-state index contributed by atoms with van der Waals surface area (Å²) in [5.74, 6) is 1.45. The fourth-order valence-corrected chi connectivity index (χ4v) is 3.44. The number of nitrogens with zero attached hydrogens (tertiary/aromatic N) is 4. The lowest BCUT2D eigenvalue weighted by atomic mass is 10.2. The molecule has 3 heterocycles. The molecule has 0 aliphatic carbocycles. The van der Waals surface area contributed by atoms with Crippen LogP contribution in [0.4, 0.5) is 10.6 Å². The average molecular weight is 413 g/mol. The molecule has 0 saturated carbocycles. The molecule has 0 radical (unpaired) electrons. The van der Waals surface area contributed by atoms with E-state index in [-0.39, 0.29) is 6.09 Å². The fraction of sp³-hybridized carbons (Fsp3) is 0.545. The van der Waals surface area contributed by atoms with Crippen molar-refractivity contribution in [2.75, 3.05) is 12.3 Å². The number of ether oxygens (including phenoxy) is 1. The minimum Gasteiger partial charge on any atom is -0.444 e. The minimum atomic E-state index is -0.490. The summed E-state index contributed by atoms with van der Waals surface area (Å²) >= 11 is 0. The second-order valence-corrected chi connectivity index (χ2v) is 8.48. The number of fused-ring (bicyclic) bond motifs is 3. The Labute approximate surface area is 177 Å². The lowest BCUT2D eigenvalue weighted by Gasteiger charge is -2.19. The van der Waals surface area contributed by atoms with Gasteiger partial charge in [0.1, 0.15) is 28.0 Å². The van der Waals surface area contributed by atoms with Crippen molar-refractivity contribution in [3.05, 3.63) is 24.2 Å². The number of aromatic nitrogens is 4. The maximum absolute atomic E-state index is 11.8. The van der Waals surface area contributed by atoms with Gasteiger partial charge >= 0.3 is 6.09 Å². The van der Waals surface area contributed by atoms with Gasteiger partial charge in [-0.05, 0) is 52.2 Å². The summed E-state index contributed by atoms with van der Waals surface area (Å²) in [6.45, 7) is 9.08. The fourth-order valence-electron chi connectivity index (χ4n) is 3.44. The van der Waals surface area contributed by atoms with Crippen molar-refractivity contribution in [3.63, 3.8) is 0 Å². The van der Waals surface area contributed by atoms with Gasteiger partial charge < -0.3 is 20.4 Å². The zero-order valence-corrected chi connectivity index (χ0v) is 18.4. The molecule has 3 aromatic rings. The van der Waals surface area contributed by atoms with Gasteiger partial charge in [-0.25, -0.2) is 14.8 Å². The van der Waals surface area contributed by atoms with Crippen molar-refractivity contribution in [2.45, 2.75) is 71.9 Å². The number of rotatable bonds is 8. The summed E-state index contributed by atoms with van der Waals surface area (Å²) in [4.78, 5) is 25.6. The van der Waals surface area contributed by atoms with Crippen molar-refractivity contribution in [2.24, 2.45) is 0 Å². The van der Waals surface area contributed by atoms with E-state index in [1.165, 1.54) is 0 Å². The number of amides is 1. The molecule has 3 N–H and O–H groups in total. The van der Waals surface area contributed by atoms with Crippen molar-refractivity contribution >= 4 is 34.0 Å². The molecule has 8 nitrogen and oxygen atoms in total. The highest BCUT2D eigenvalue weighted by atomic mass is 16.6. The van der Waals surface area contributed by atoms with E-state index in [0.717, 1.165) is 66.5 Å². The highest BCUT2D eigenvalue weighted by Gasteiger charge is 2.18. The summed E-state index contributed by atoms with van der Waals surface area (Å²) in [6, 6.07) is 3.79. The Balaban J connectivity index is 1.77. The van der Waals surface area contributed by atoms with Gasteiger partial charge in [0, 0.05) is 25.7 Å². The molecular weight excluding hydrogens is 380 g/mol. The minimum absolute atomic E-state index is 0.381. The lowest BCUT2D eigenvalue weighted by Crippen LogP contribution is -2.33. The van der Waals surface area contributed by atoms with Gasteiger partial charge in [-0.15, -0.1) is 0 Å². The first kappa shape index (κ1) is 21.8. The van der Waals surface area contributed by atoms with Crippen LogP contribution in [-0.2, 0) is 17.7 Å². The topological polar surface area (TPSA) is 108 Å². The number of imidazole rings is 1. The van der Waals surface area contributed by atoms with Gasteiger partial charge in [-0.2, -0.15) is 0 Å². The number of carbonyl (C=O) groups excluding carboxylic acids is 1. The van der Waals surface area contributed by atoms with E-state index in [2.05, 4.69) is 26.8 Å². The van der Waals surface area contributed by atoms with E-state index >= 15 is 0 Å². The molecule has 8 heteroatoms. The van der Waals surface area contributed by atoms with Gasteiger partial charge in [0.25, 0.3) is 0 Å². The Kier molecular flexibility index (Phi) is 6.74. The number of anilines is 1. The summed E-state index contributed by atoms with van der Waals surface area (Å²) in [7, 11) is 0. The van der Waals surface area contributed by atoms with Gasteiger partial charge in [-0.3, -0.25) is 4.98 Å². The second-order valence-electron chi connectivity index (χ2n) is 8.48. The summed E-state index contributed by atoms with van der Waals surface area (Å²) in [5, 5.41) is 2.82. The number of aryl methyl sites for hydroxylation is 2. The van der Waals surface area contributed by atoms with Crippen LogP contribution >= 0.6 is 0 Å². The van der Waals surface area contributed by atoms with E-state index in [4.69, 9.17) is 15.5 Å². The number of nitrogen functional groups attached to an aromatic ring is 1. The zero-order valence-electron chi connectivity index (χ0n) is 18.4. The van der Waals surface area contributed by atoms with E-state index in [1.54, 1.807) is 6.20 Å². The Hall–Kier alpha value is -2.90. The Morgan fingerprint density at radius 3 is 2.73 bits per heavy atom. The third-order valence-corrected chi connectivity index (χ3v) is 4.77. The van der Waals surface area contributed by atoms with Gasteiger partial charge in [-0.1, -0.05) is 13.3 Å². The summed E-state index contributed by atoms with van der Waals surface area (Å²) < 4.78 is 7.51. The molecule has 3 aromatic heterocycles. The molecule has 0 spiro atoms. The number of nitrogens with one attached hydrogen (secondary N) is 1. The maximum atomic E-state index is 11.8. The van der Waals surface area contributed by atoms with E-state index in [0.29, 0.717) is 12.4 Å². The van der Waals surface area contributed by atoms with Crippen LogP contribution in [0, 0.1) is 0 Å². The first-order valence-electron chi connectivity index (χ1n) is 10.7. The van der Waals surface area contributed by atoms with E-state index in [9.17, 15) is 4.79 Å². The molecule has 0 unspecified atom stereocenters. The SMILES string of the molecule is CCCCc1nc2c(N)nc3cccnc3c2n1CCCCNC(=O)OC(C)(C)C. The van der Waals surface area contributed by atoms with Crippen LogP contribution in [0.2, 0.25) is 0 Å². The molecule has 0 bridgehead atoms. The third kappa shape index (κ3) is 5.17. The van der Waals surface area contributed by atoms with Gasteiger partial charge in [0.2, 0.25) is 0 Å². The van der Waals surface area contributed by atoms with Crippen LogP contribution in [0.15, 0.2) is 18.3 Å². The van der Waals surface area contributed by atoms with Gasteiger partial charge in [0.05, 0.1) is 5.52 Å². The standard InChI is InChI=1S/C22H32N6O2/c1-5-6-11-16-27-18-19(17-15(26-20(18)23)10-9-13-24-17)28(16)14-8-7-12-25-21(29)30-22(2,3)4/h9-10,13H,5-8,11-12,14H2,1-4H3,(H2,23,26)(H,25,29). The molecule has 162 valence electrons. The quantitative estimate of drug-likeness (QED) is 0.537. The molecule has 0 saturated heterocycles. The number of unbranched alkanes of at least 4 members (excludes halogenated alkanes) is 2. The number of pyridine rings is 2. The Morgan fingerprint density at radius 1 is 1.20 bits per heavy atom. The number of nitrogens with two attached hydrogens (primary N) is 1. The van der Waals surface area contributed by atoms with Crippen molar-refractivity contribution in [3.8, 4) is 0 Å². The van der Waals surface area contributed by atoms with Crippen molar-refractivity contribution < 1.29 is 9.53 Å². The molecule has 0 atom stereocenters. The molecule has 0 fully saturated rings. The van der Waals surface area contributed by atoms with E-state index < -0.39 is 5.60 Å². The molecular formula is C22H32N6O2. The highest BCUT2D eigenvalue weighted by molar-refractivity contribution is 6.04. The third-order valence-electron chi connectivity index (χ3n) is 4.77. The van der Waals surface area contributed by atoms with Crippen LogP contribution in [-0.4, -0.2) is 37.8 Å². The maximum Gasteiger partial charge on any atom is 0.407 e. The van der Waals surface area contributed by atoms with Crippen LogP contribution in [0.3, 0.4) is 0 Å². The van der Waals surface area contributed by atoms with Crippen LogP contribution in [0.1, 0.15) is 59.2 Å². The molecule has 3 rings (SSSR count). The number of carbonyl (C=O) groups is 1. The first-order valence-corrected chi connectivity index (χ1v) is 10.7. The summed E-state index contributed by atoms with van der Waals surface area (Å²) in [5.41, 5.74) is 9.00. The summed E-state index contributed by atoms with van der Waals surface area (Å²) in [6.07, 6.45) is 6.14. The first-order chi connectivity index (χ1) is 14.3. The lowest BCUT2D eigenvalue weighted by molar-refractivity contribution is 0.0527. The Bertz CT molecular complexity index is 1020. The number of alkyl carbamates (subject to hydrolysis) is 1. The van der Waals surface area contributed by atoms with Crippen LogP contribution in [0.25, 0.3) is 22.1 Å². The smallest absolute Gasteiger partial charge is 0.407 e. The number of hydrogen-bond donors (Lipinski definition) is 2. The zero-order chi connectivity index (χ0) is 21.7. The predicted molar refractivity (Wildman–Crippen MR) is 119 cm³/mol. The number of hydrogen-bond acceptors (Lipinski definition) is 6. The predicted octanol–water partition coefficient (Wildman–Crippen LogP) is 4.21. The molecule has 0 aliphatic rings. The van der Waals surface area contributed by atoms with Crippen LogP contribution in [0.5, 0.6) is 0 Å². The van der Waals surface area contributed by atoms with Crippen molar-refractivity contribution in [1.82, 2.24) is 24.8 Å². The monoisotopic (exact) mass is 412 g/mol. The molecule has 0 aliphatic heterocycles. The second kappa shape index (κ2) is 9.28. The van der Waals surface area contributed by atoms with Gasteiger partial charge in [0.15, 0.2) is 5.82 Å². The molecule has 1 amide bonds. The normalized spacial score (nSPS) is 11.9. The molecule has 30 heavy (non-hydrogen) atoms.